The summed E-state index contributed by atoms with van der Waals surface area (Å²) in [5.74, 6) is -1.52. The molecule has 3 rings (SSSR count). The number of likely N-dealkylation sites (tertiary alicyclic amines) is 2. The van der Waals surface area contributed by atoms with Crippen LogP contribution in [0.15, 0.2) is 0 Å². The van der Waals surface area contributed by atoms with Gasteiger partial charge in [0.05, 0.1) is 11.5 Å². The summed E-state index contributed by atoms with van der Waals surface area (Å²) in [6.07, 6.45) is 6.64. The van der Waals surface area contributed by atoms with Crippen molar-refractivity contribution in [2.45, 2.75) is 63.8 Å². The standard InChI is InChI=1S/C19H31N3O4/c1-19(9-3-2-6-15(19)17(24)25)20-16(23)14-7-12-22(13-8-14)18(26)21-10-4-5-11-21/h14-15H,2-13H2,1H3,(H,20,23)(H,24,25). The summed E-state index contributed by atoms with van der Waals surface area (Å²) in [5, 5.41) is 12.6. The molecule has 0 spiro atoms. The zero-order valence-corrected chi connectivity index (χ0v) is 15.7. The lowest BCUT2D eigenvalue weighted by Gasteiger charge is -2.41. The predicted octanol–water partition coefficient (Wildman–Crippen LogP) is 2.06. The number of carbonyl (C=O) groups is 3. The van der Waals surface area contributed by atoms with Crippen LogP contribution in [0.4, 0.5) is 4.79 Å². The molecule has 26 heavy (non-hydrogen) atoms. The van der Waals surface area contributed by atoms with Crippen LogP contribution in [0.2, 0.25) is 0 Å². The van der Waals surface area contributed by atoms with Crippen molar-refractivity contribution in [2.24, 2.45) is 11.8 Å². The van der Waals surface area contributed by atoms with E-state index in [4.69, 9.17) is 0 Å². The van der Waals surface area contributed by atoms with E-state index in [0.717, 1.165) is 38.8 Å². The van der Waals surface area contributed by atoms with Crippen molar-refractivity contribution in [3.8, 4) is 0 Å². The normalized spacial score (nSPS) is 30.3. The van der Waals surface area contributed by atoms with E-state index in [1.165, 1.54) is 0 Å². The first-order valence-corrected chi connectivity index (χ1v) is 9.99. The van der Waals surface area contributed by atoms with Gasteiger partial charge in [0.2, 0.25) is 5.91 Å². The molecule has 146 valence electrons. The Hall–Kier alpha value is -1.79. The zero-order chi connectivity index (χ0) is 18.7. The summed E-state index contributed by atoms with van der Waals surface area (Å²) in [4.78, 5) is 40.5. The minimum Gasteiger partial charge on any atom is -0.481 e. The topological polar surface area (TPSA) is 90.0 Å². The number of nitrogens with zero attached hydrogens (tertiary/aromatic N) is 2. The third-order valence-electron chi connectivity index (χ3n) is 6.43. The van der Waals surface area contributed by atoms with Gasteiger partial charge in [0.15, 0.2) is 0 Å². The van der Waals surface area contributed by atoms with E-state index in [9.17, 15) is 19.5 Å². The van der Waals surface area contributed by atoms with Crippen LogP contribution in [0.3, 0.4) is 0 Å². The number of hydrogen-bond acceptors (Lipinski definition) is 3. The van der Waals surface area contributed by atoms with Gasteiger partial charge in [-0.05, 0) is 45.4 Å². The Bertz CT molecular complexity index is 553. The van der Waals surface area contributed by atoms with Gasteiger partial charge < -0.3 is 20.2 Å². The fourth-order valence-corrected chi connectivity index (χ4v) is 4.70. The Labute approximate surface area is 155 Å². The van der Waals surface area contributed by atoms with Crippen molar-refractivity contribution in [3.63, 3.8) is 0 Å². The summed E-state index contributed by atoms with van der Waals surface area (Å²) in [5.41, 5.74) is -0.663. The Kier molecular flexibility index (Phi) is 5.73. The molecule has 0 aromatic carbocycles. The van der Waals surface area contributed by atoms with Crippen LogP contribution in [0.1, 0.15) is 58.3 Å². The maximum atomic E-state index is 12.8. The van der Waals surface area contributed by atoms with Gasteiger partial charge in [-0.3, -0.25) is 9.59 Å². The molecule has 2 N–H and O–H groups in total. The van der Waals surface area contributed by atoms with Gasteiger partial charge in [-0.25, -0.2) is 4.79 Å². The van der Waals surface area contributed by atoms with Crippen LogP contribution in [0.25, 0.3) is 0 Å². The van der Waals surface area contributed by atoms with Crippen LogP contribution in [0, 0.1) is 11.8 Å². The summed E-state index contributed by atoms with van der Waals surface area (Å²) >= 11 is 0. The van der Waals surface area contributed by atoms with Gasteiger partial charge in [-0.2, -0.15) is 0 Å². The number of urea groups is 1. The van der Waals surface area contributed by atoms with Crippen molar-refractivity contribution in [2.75, 3.05) is 26.2 Å². The van der Waals surface area contributed by atoms with Crippen LogP contribution in [0.5, 0.6) is 0 Å². The second-order valence-corrected chi connectivity index (χ2v) is 8.28. The van der Waals surface area contributed by atoms with Crippen molar-refractivity contribution in [1.29, 1.82) is 0 Å². The van der Waals surface area contributed by atoms with Crippen LogP contribution in [-0.4, -0.2) is 64.5 Å². The summed E-state index contributed by atoms with van der Waals surface area (Å²) in [6.45, 7) is 4.76. The van der Waals surface area contributed by atoms with Gasteiger partial charge in [0.1, 0.15) is 0 Å². The highest BCUT2D eigenvalue weighted by atomic mass is 16.4. The molecule has 0 radical (unpaired) electrons. The maximum Gasteiger partial charge on any atom is 0.319 e. The van der Waals surface area contributed by atoms with Crippen molar-refractivity contribution >= 4 is 17.9 Å². The third-order valence-corrected chi connectivity index (χ3v) is 6.43. The number of carboxylic acid groups (broad SMARTS) is 1. The lowest BCUT2D eigenvalue weighted by molar-refractivity contribution is -0.147. The Morgan fingerprint density at radius 2 is 1.54 bits per heavy atom. The minimum atomic E-state index is -0.821. The number of piperidine rings is 1. The number of rotatable bonds is 3. The van der Waals surface area contributed by atoms with Gasteiger partial charge in [-0.15, -0.1) is 0 Å². The van der Waals surface area contributed by atoms with Crippen LogP contribution < -0.4 is 5.32 Å². The number of carboxylic acids is 1. The molecular weight excluding hydrogens is 334 g/mol. The maximum absolute atomic E-state index is 12.8. The van der Waals surface area contributed by atoms with Crippen molar-refractivity contribution in [1.82, 2.24) is 15.1 Å². The van der Waals surface area contributed by atoms with Crippen molar-refractivity contribution < 1.29 is 19.5 Å². The van der Waals surface area contributed by atoms with E-state index in [1.807, 2.05) is 16.7 Å². The summed E-state index contributed by atoms with van der Waals surface area (Å²) in [6, 6.07) is 0.103. The molecule has 7 heteroatoms. The highest BCUT2D eigenvalue weighted by molar-refractivity contribution is 5.82. The first kappa shape index (κ1) is 19.0. The molecular formula is C19H31N3O4. The van der Waals surface area contributed by atoms with E-state index < -0.39 is 17.4 Å². The largest absolute Gasteiger partial charge is 0.481 e. The lowest BCUT2D eigenvalue weighted by Crippen LogP contribution is -2.57. The lowest BCUT2D eigenvalue weighted by atomic mass is 9.73. The molecule has 2 unspecified atom stereocenters. The Morgan fingerprint density at radius 3 is 2.15 bits per heavy atom. The van der Waals surface area contributed by atoms with Gasteiger partial charge in [0.25, 0.3) is 0 Å². The summed E-state index contributed by atoms with van der Waals surface area (Å²) in [7, 11) is 0. The third kappa shape index (κ3) is 3.96. The highest BCUT2D eigenvalue weighted by Gasteiger charge is 2.43. The highest BCUT2D eigenvalue weighted by Crippen LogP contribution is 2.34. The Morgan fingerprint density at radius 1 is 0.923 bits per heavy atom. The second kappa shape index (κ2) is 7.84. The van der Waals surface area contributed by atoms with E-state index >= 15 is 0 Å². The molecule has 0 aromatic heterocycles. The predicted molar refractivity (Wildman–Crippen MR) is 96.6 cm³/mol. The second-order valence-electron chi connectivity index (χ2n) is 8.28. The quantitative estimate of drug-likeness (QED) is 0.801. The number of aliphatic carboxylic acids is 1. The van der Waals surface area contributed by atoms with Crippen LogP contribution >= 0.6 is 0 Å². The molecule has 2 aliphatic heterocycles. The number of carbonyl (C=O) groups excluding carboxylic acids is 2. The molecule has 7 nitrogen and oxygen atoms in total. The smallest absolute Gasteiger partial charge is 0.319 e. The zero-order valence-electron chi connectivity index (χ0n) is 15.7. The molecule has 0 aromatic rings. The Balaban J connectivity index is 1.53. The van der Waals surface area contributed by atoms with Crippen LogP contribution in [-0.2, 0) is 9.59 Å². The molecule has 1 saturated carbocycles. The van der Waals surface area contributed by atoms with E-state index in [1.54, 1.807) is 0 Å². The van der Waals surface area contributed by atoms with E-state index in [2.05, 4.69) is 5.32 Å². The molecule has 2 atom stereocenters. The average Bonchev–Trinajstić information content (AvgIpc) is 3.15. The number of nitrogens with one attached hydrogen (secondary N) is 1. The SMILES string of the molecule is CC1(NC(=O)C2CCN(C(=O)N3CCCC3)CC2)CCCCC1C(=O)O. The monoisotopic (exact) mass is 365 g/mol. The van der Waals surface area contributed by atoms with E-state index in [-0.39, 0.29) is 17.9 Å². The first-order chi connectivity index (χ1) is 12.4. The molecule has 3 amide bonds. The molecule has 2 heterocycles. The molecule has 3 aliphatic rings. The molecule has 1 aliphatic carbocycles. The average molecular weight is 365 g/mol. The number of amides is 3. The summed E-state index contributed by atoms with van der Waals surface area (Å²) < 4.78 is 0. The van der Waals surface area contributed by atoms with Gasteiger partial charge in [0, 0.05) is 32.1 Å². The fourth-order valence-electron chi connectivity index (χ4n) is 4.70. The fraction of sp³-hybridized carbons (Fsp3) is 0.842. The number of hydrogen-bond donors (Lipinski definition) is 2. The first-order valence-electron chi connectivity index (χ1n) is 9.99. The van der Waals surface area contributed by atoms with E-state index in [0.29, 0.717) is 38.8 Å². The van der Waals surface area contributed by atoms with Crippen molar-refractivity contribution in [3.05, 3.63) is 0 Å². The molecule has 0 bridgehead atoms. The molecule has 3 fully saturated rings. The van der Waals surface area contributed by atoms with Gasteiger partial charge >= 0.3 is 12.0 Å². The minimum absolute atomic E-state index is 0.0473. The molecule has 2 saturated heterocycles. The van der Waals surface area contributed by atoms with Gasteiger partial charge in [-0.1, -0.05) is 12.8 Å².